The summed E-state index contributed by atoms with van der Waals surface area (Å²) in [5, 5.41) is 12.5. The van der Waals surface area contributed by atoms with E-state index in [0.29, 0.717) is 6.04 Å². The first-order chi connectivity index (χ1) is 7.74. The maximum absolute atomic E-state index is 8.99. The van der Waals surface area contributed by atoms with Crippen LogP contribution in [0.3, 0.4) is 0 Å². The minimum absolute atomic E-state index is 0.0501. The van der Waals surface area contributed by atoms with E-state index in [9.17, 15) is 0 Å². The minimum atomic E-state index is 0.0501. The largest absolute Gasteiger partial charge is 0.300 e. The van der Waals surface area contributed by atoms with Crippen LogP contribution in [0.1, 0.15) is 45.4 Å². The van der Waals surface area contributed by atoms with Crippen molar-refractivity contribution >= 4 is 0 Å². The number of piperidine rings is 2. The molecule has 3 nitrogen and oxygen atoms in total. The number of hydrogen-bond acceptors (Lipinski definition) is 3. The first kappa shape index (κ1) is 11.9. The molecule has 2 saturated heterocycles. The van der Waals surface area contributed by atoms with Gasteiger partial charge in [-0.15, -0.1) is 0 Å². The third kappa shape index (κ3) is 2.39. The van der Waals surface area contributed by atoms with Crippen molar-refractivity contribution in [1.82, 2.24) is 10.2 Å². The fourth-order valence-electron chi connectivity index (χ4n) is 3.28. The van der Waals surface area contributed by atoms with Gasteiger partial charge >= 0.3 is 0 Å². The Balaban J connectivity index is 1.92. The molecule has 0 saturated carbocycles. The van der Waals surface area contributed by atoms with Gasteiger partial charge in [-0.3, -0.25) is 5.32 Å². The van der Waals surface area contributed by atoms with E-state index in [4.69, 9.17) is 5.26 Å². The topological polar surface area (TPSA) is 39.1 Å². The molecule has 2 aliphatic rings. The van der Waals surface area contributed by atoms with Gasteiger partial charge in [-0.25, -0.2) is 0 Å². The van der Waals surface area contributed by atoms with Crippen molar-refractivity contribution in [3.63, 3.8) is 0 Å². The zero-order chi connectivity index (χ0) is 11.5. The fraction of sp³-hybridized carbons (Fsp3) is 0.923. The Morgan fingerprint density at radius 3 is 2.50 bits per heavy atom. The molecular weight excluding hydrogens is 198 g/mol. The normalized spacial score (nSPS) is 36.7. The van der Waals surface area contributed by atoms with Crippen LogP contribution in [0, 0.1) is 11.3 Å². The summed E-state index contributed by atoms with van der Waals surface area (Å²) >= 11 is 0. The third-order valence-electron chi connectivity index (χ3n) is 4.34. The predicted octanol–water partition coefficient (Wildman–Crippen LogP) is 1.89. The highest BCUT2D eigenvalue weighted by Gasteiger charge is 2.36. The van der Waals surface area contributed by atoms with E-state index in [1.165, 1.54) is 32.1 Å². The van der Waals surface area contributed by atoms with Crippen molar-refractivity contribution < 1.29 is 0 Å². The fourth-order valence-corrected chi connectivity index (χ4v) is 3.28. The molecule has 2 aliphatic heterocycles. The molecule has 16 heavy (non-hydrogen) atoms. The van der Waals surface area contributed by atoms with Gasteiger partial charge < -0.3 is 4.90 Å². The van der Waals surface area contributed by atoms with E-state index in [-0.39, 0.29) is 6.04 Å². The van der Waals surface area contributed by atoms with Crippen molar-refractivity contribution in [1.29, 1.82) is 5.26 Å². The van der Waals surface area contributed by atoms with Gasteiger partial charge in [-0.2, -0.15) is 5.26 Å². The number of hydrogen-bond donors (Lipinski definition) is 1. The van der Waals surface area contributed by atoms with Crippen molar-refractivity contribution in [2.45, 2.75) is 69.6 Å². The second-order valence-electron chi connectivity index (χ2n) is 5.33. The first-order valence-corrected chi connectivity index (χ1v) is 6.62. The van der Waals surface area contributed by atoms with Gasteiger partial charge in [-0.1, -0.05) is 13.3 Å². The lowest BCUT2D eigenvalue weighted by atomic mass is 9.82. The van der Waals surface area contributed by atoms with Crippen LogP contribution in [0.2, 0.25) is 0 Å². The number of fused-ring (bicyclic) bond motifs is 2. The monoisotopic (exact) mass is 221 g/mol. The average molecular weight is 221 g/mol. The van der Waals surface area contributed by atoms with Crippen LogP contribution in [-0.4, -0.2) is 36.1 Å². The van der Waals surface area contributed by atoms with Crippen LogP contribution in [0.15, 0.2) is 0 Å². The van der Waals surface area contributed by atoms with Crippen LogP contribution in [0.25, 0.3) is 0 Å². The zero-order valence-corrected chi connectivity index (χ0v) is 10.4. The van der Waals surface area contributed by atoms with Crippen molar-refractivity contribution in [2.24, 2.45) is 0 Å². The van der Waals surface area contributed by atoms with E-state index in [2.05, 4.69) is 30.3 Å². The van der Waals surface area contributed by atoms with Crippen LogP contribution in [0.5, 0.6) is 0 Å². The molecule has 0 aliphatic carbocycles. The van der Waals surface area contributed by atoms with Crippen molar-refractivity contribution in [3.05, 3.63) is 0 Å². The molecular formula is C13H23N3. The smallest absolute Gasteiger partial charge is 0.0952 e. The van der Waals surface area contributed by atoms with E-state index in [1.54, 1.807) is 0 Å². The van der Waals surface area contributed by atoms with Gasteiger partial charge in [0.1, 0.15) is 0 Å². The Kier molecular flexibility index (Phi) is 3.83. The summed E-state index contributed by atoms with van der Waals surface area (Å²) in [4.78, 5) is 2.56. The molecule has 2 heterocycles. The van der Waals surface area contributed by atoms with E-state index in [0.717, 1.165) is 18.5 Å². The molecule has 3 heteroatoms. The molecule has 90 valence electrons. The van der Waals surface area contributed by atoms with Gasteiger partial charge in [-0.05, 0) is 39.2 Å². The highest BCUT2D eigenvalue weighted by Crippen LogP contribution is 2.32. The summed E-state index contributed by atoms with van der Waals surface area (Å²) in [6, 6.07) is 4.47. The molecule has 3 unspecified atom stereocenters. The minimum Gasteiger partial charge on any atom is -0.300 e. The Bertz CT molecular complexity index is 257. The number of nitrogens with zero attached hydrogens (tertiary/aromatic N) is 2. The zero-order valence-electron chi connectivity index (χ0n) is 10.4. The molecule has 0 amide bonds. The highest BCUT2D eigenvalue weighted by molar-refractivity contribution is 4.97. The Morgan fingerprint density at radius 1 is 1.38 bits per heavy atom. The molecule has 2 bridgehead atoms. The summed E-state index contributed by atoms with van der Waals surface area (Å²) in [6.07, 6.45) is 7.44. The van der Waals surface area contributed by atoms with Crippen LogP contribution < -0.4 is 5.32 Å². The van der Waals surface area contributed by atoms with E-state index < -0.39 is 0 Å². The molecule has 0 aromatic heterocycles. The SMILES string of the molecule is CCC(C#N)NC1CC2CCCC(C1)N2C. The number of nitrogens with one attached hydrogen (secondary N) is 1. The van der Waals surface area contributed by atoms with Gasteiger partial charge in [0.25, 0.3) is 0 Å². The summed E-state index contributed by atoms with van der Waals surface area (Å²) in [7, 11) is 2.27. The lowest BCUT2D eigenvalue weighted by molar-refractivity contribution is 0.0471. The summed E-state index contributed by atoms with van der Waals surface area (Å²) < 4.78 is 0. The van der Waals surface area contributed by atoms with Gasteiger partial charge in [0.2, 0.25) is 0 Å². The summed E-state index contributed by atoms with van der Waals surface area (Å²) in [5.74, 6) is 0. The Hall–Kier alpha value is -0.590. The molecule has 0 spiro atoms. The Morgan fingerprint density at radius 2 is 2.00 bits per heavy atom. The molecule has 0 radical (unpaired) electrons. The number of rotatable bonds is 3. The lowest BCUT2D eigenvalue weighted by Crippen LogP contribution is -2.55. The van der Waals surface area contributed by atoms with Gasteiger partial charge in [0.15, 0.2) is 0 Å². The van der Waals surface area contributed by atoms with Gasteiger partial charge in [0.05, 0.1) is 12.1 Å². The van der Waals surface area contributed by atoms with Crippen LogP contribution in [-0.2, 0) is 0 Å². The van der Waals surface area contributed by atoms with Crippen molar-refractivity contribution in [3.8, 4) is 6.07 Å². The van der Waals surface area contributed by atoms with Crippen LogP contribution >= 0.6 is 0 Å². The average Bonchev–Trinajstić information content (AvgIpc) is 2.27. The summed E-state index contributed by atoms with van der Waals surface area (Å²) in [6.45, 7) is 2.08. The van der Waals surface area contributed by atoms with E-state index >= 15 is 0 Å². The van der Waals surface area contributed by atoms with Crippen LogP contribution in [0.4, 0.5) is 0 Å². The Labute approximate surface area is 98.8 Å². The molecule has 3 atom stereocenters. The van der Waals surface area contributed by atoms with Crippen molar-refractivity contribution in [2.75, 3.05) is 7.05 Å². The quantitative estimate of drug-likeness (QED) is 0.791. The standard InChI is InChI=1S/C13H23N3/c1-3-10(9-14)15-11-7-12-5-4-6-13(8-11)16(12)2/h10-13,15H,3-8H2,1-2H3. The molecule has 2 rings (SSSR count). The van der Waals surface area contributed by atoms with E-state index in [1.807, 2.05) is 0 Å². The molecule has 0 aromatic rings. The molecule has 1 N–H and O–H groups in total. The first-order valence-electron chi connectivity index (χ1n) is 6.62. The highest BCUT2D eigenvalue weighted by atomic mass is 15.2. The maximum atomic E-state index is 8.99. The molecule has 0 aromatic carbocycles. The lowest BCUT2D eigenvalue weighted by Gasteiger charge is -2.47. The summed E-state index contributed by atoms with van der Waals surface area (Å²) in [5.41, 5.74) is 0. The second-order valence-corrected chi connectivity index (χ2v) is 5.33. The molecule has 2 fully saturated rings. The second kappa shape index (κ2) is 5.16. The predicted molar refractivity (Wildman–Crippen MR) is 65.0 cm³/mol. The number of nitriles is 1. The van der Waals surface area contributed by atoms with Gasteiger partial charge in [0, 0.05) is 18.1 Å². The maximum Gasteiger partial charge on any atom is 0.0952 e. The third-order valence-corrected chi connectivity index (χ3v) is 4.34.